The summed E-state index contributed by atoms with van der Waals surface area (Å²) in [5.74, 6) is 1.11. The van der Waals surface area contributed by atoms with Crippen LogP contribution in [0, 0.1) is 0 Å². The predicted octanol–water partition coefficient (Wildman–Crippen LogP) is 5.10. The number of aromatic nitrogens is 1. The van der Waals surface area contributed by atoms with E-state index in [4.69, 9.17) is 4.74 Å². The summed E-state index contributed by atoms with van der Waals surface area (Å²) in [7, 11) is 1.72. The highest BCUT2D eigenvalue weighted by molar-refractivity contribution is 5.97. The zero-order valence-electron chi connectivity index (χ0n) is 15.5. The lowest BCUT2D eigenvalue weighted by molar-refractivity contribution is -0.118. The van der Waals surface area contributed by atoms with Gasteiger partial charge in [0.05, 0.1) is 12.6 Å². The first-order valence-electron chi connectivity index (χ1n) is 9.43. The molecule has 3 aromatic rings. The van der Waals surface area contributed by atoms with E-state index in [0.717, 1.165) is 43.4 Å². The third-order valence-electron chi connectivity index (χ3n) is 5.60. The van der Waals surface area contributed by atoms with Crippen LogP contribution in [0.3, 0.4) is 0 Å². The van der Waals surface area contributed by atoms with Crippen molar-refractivity contribution in [1.29, 1.82) is 0 Å². The molecule has 0 aliphatic heterocycles. The number of rotatable bonds is 4. The van der Waals surface area contributed by atoms with Crippen LogP contribution in [0.5, 0.6) is 5.75 Å². The summed E-state index contributed by atoms with van der Waals surface area (Å²) in [5.41, 5.74) is 4.97. The molecule has 1 unspecified atom stereocenters. The number of ether oxygens (including phenoxy) is 1. The van der Waals surface area contributed by atoms with E-state index in [2.05, 4.69) is 34.9 Å². The molecule has 1 aromatic heterocycles. The molecule has 0 bridgehead atoms. The minimum atomic E-state index is -0.0247. The molecule has 134 valence electrons. The lowest BCUT2D eigenvalue weighted by atomic mass is 9.90. The van der Waals surface area contributed by atoms with Crippen molar-refractivity contribution in [2.45, 2.75) is 45.1 Å². The number of ketones is 1. The fourth-order valence-corrected chi connectivity index (χ4v) is 4.40. The fraction of sp³-hybridized carbons (Fsp3) is 0.348. The van der Waals surface area contributed by atoms with Gasteiger partial charge in [-0.25, -0.2) is 0 Å². The van der Waals surface area contributed by atoms with E-state index in [-0.39, 0.29) is 11.7 Å². The first-order chi connectivity index (χ1) is 12.7. The molecular formula is C23H25NO2. The second kappa shape index (κ2) is 6.99. The highest BCUT2D eigenvalue weighted by Gasteiger charge is 2.30. The Morgan fingerprint density at radius 1 is 1.12 bits per heavy atom. The van der Waals surface area contributed by atoms with Crippen molar-refractivity contribution < 1.29 is 9.53 Å². The van der Waals surface area contributed by atoms with E-state index in [1.54, 1.807) is 14.0 Å². The number of fused-ring (bicyclic) bond motifs is 3. The van der Waals surface area contributed by atoms with Gasteiger partial charge in [0.15, 0.2) is 0 Å². The quantitative estimate of drug-likeness (QED) is 0.615. The molecule has 1 aliphatic carbocycles. The van der Waals surface area contributed by atoms with Crippen molar-refractivity contribution in [2.75, 3.05) is 7.11 Å². The highest BCUT2D eigenvalue weighted by atomic mass is 16.5. The van der Waals surface area contributed by atoms with Gasteiger partial charge in [0.1, 0.15) is 11.5 Å². The molecule has 0 N–H and O–H groups in total. The van der Waals surface area contributed by atoms with Crippen LogP contribution in [-0.2, 0) is 17.8 Å². The summed E-state index contributed by atoms with van der Waals surface area (Å²) in [4.78, 5) is 12.5. The molecule has 0 saturated heterocycles. The number of carbonyl (C=O) groups excluding carboxylic acids is 1. The van der Waals surface area contributed by atoms with E-state index in [9.17, 15) is 4.79 Å². The van der Waals surface area contributed by atoms with E-state index in [1.165, 1.54) is 22.3 Å². The third kappa shape index (κ3) is 2.82. The molecule has 26 heavy (non-hydrogen) atoms. The van der Waals surface area contributed by atoms with Crippen LogP contribution in [0.2, 0.25) is 0 Å². The van der Waals surface area contributed by atoms with Gasteiger partial charge in [0.25, 0.3) is 0 Å². The maximum absolute atomic E-state index is 12.5. The van der Waals surface area contributed by atoms with Crippen LogP contribution in [0.4, 0.5) is 0 Å². The molecule has 0 spiro atoms. The summed E-state index contributed by atoms with van der Waals surface area (Å²) in [6.45, 7) is 2.56. The monoisotopic (exact) mass is 347 g/mol. The van der Waals surface area contributed by atoms with E-state index in [1.807, 2.05) is 18.2 Å². The van der Waals surface area contributed by atoms with E-state index in [0.29, 0.717) is 0 Å². The third-order valence-corrected chi connectivity index (χ3v) is 5.60. The molecule has 4 rings (SSSR count). The van der Waals surface area contributed by atoms with Crippen LogP contribution in [-0.4, -0.2) is 17.5 Å². The SMILES string of the molecule is COc1cccc2c1c1c(n2Cc2ccccc2)CCCCC1C(C)=O. The Morgan fingerprint density at radius 3 is 2.65 bits per heavy atom. The van der Waals surface area contributed by atoms with E-state index < -0.39 is 0 Å². The Morgan fingerprint density at radius 2 is 1.92 bits per heavy atom. The summed E-state index contributed by atoms with van der Waals surface area (Å²) in [5, 5.41) is 1.13. The number of hydrogen-bond acceptors (Lipinski definition) is 2. The number of Topliss-reactive ketones (excluding diaryl/α,β-unsaturated/α-hetero) is 1. The zero-order valence-corrected chi connectivity index (χ0v) is 15.5. The maximum atomic E-state index is 12.5. The predicted molar refractivity (Wildman–Crippen MR) is 105 cm³/mol. The highest BCUT2D eigenvalue weighted by Crippen LogP contribution is 2.42. The van der Waals surface area contributed by atoms with Crippen LogP contribution in [0.1, 0.15) is 48.9 Å². The topological polar surface area (TPSA) is 31.2 Å². The first kappa shape index (κ1) is 16.9. The van der Waals surface area contributed by atoms with Crippen molar-refractivity contribution in [1.82, 2.24) is 4.57 Å². The molecular weight excluding hydrogens is 322 g/mol. The Bertz CT molecular complexity index is 940. The summed E-state index contributed by atoms with van der Waals surface area (Å²) < 4.78 is 8.11. The number of nitrogens with zero attached hydrogens (tertiary/aromatic N) is 1. The Kier molecular flexibility index (Phi) is 4.54. The summed E-state index contributed by atoms with van der Waals surface area (Å²) >= 11 is 0. The van der Waals surface area contributed by atoms with Crippen molar-refractivity contribution in [3.8, 4) is 5.75 Å². The van der Waals surface area contributed by atoms with Gasteiger partial charge in [-0.05, 0) is 49.4 Å². The minimum absolute atomic E-state index is 0.0247. The molecule has 1 atom stereocenters. The van der Waals surface area contributed by atoms with Crippen molar-refractivity contribution >= 4 is 16.7 Å². The van der Waals surface area contributed by atoms with Crippen LogP contribution >= 0.6 is 0 Å². The summed E-state index contributed by atoms with van der Waals surface area (Å²) in [6, 6.07) is 16.8. The van der Waals surface area contributed by atoms with Crippen molar-refractivity contribution in [3.05, 3.63) is 65.4 Å². The smallest absolute Gasteiger partial charge is 0.137 e. The summed E-state index contributed by atoms with van der Waals surface area (Å²) in [6.07, 6.45) is 4.18. The van der Waals surface area contributed by atoms with Gasteiger partial charge < -0.3 is 9.30 Å². The Balaban J connectivity index is 2.00. The van der Waals surface area contributed by atoms with Crippen LogP contribution < -0.4 is 4.74 Å². The second-order valence-corrected chi connectivity index (χ2v) is 7.20. The second-order valence-electron chi connectivity index (χ2n) is 7.20. The van der Waals surface area contributed by atoms with Gasteiger partial charge >= 0.3 is 0 Å². The molecule has 0 amide bonds. The largest absolute Gasteiger partial charge is 0.496 e. The number of methoxy groups -OCH3 is 1. The lowest BCUT2D eigenvalue weighted by Gasteiger charge is -2.14. The molecule has 0 saturated carbocycles. The van der Waals surface area contributed by atoms with E-state index >= 15 is 0 Å². The standard InChI is InChI=1S/C23H25NO2/c1-16(25)18-11-6-7-12-19-22(18)23-20(13-8-14-21(23)26-2)24(19)15-17-9-4-3-5-10-17/h3-5,8-10,13-14,18H,6-7,11-12,15H2,1-2H3. The molecule has 3 nitrogen and oxygen atoms in total. The van der Waals surface area contributed by atoms with Gasteiger partial charge in [0.2, 0.25) is 0 Å². The van der Waals surface area contributed by atoms with Gasteiger partial charge in [-0.1, -0.05) is 42.8 Å². The zero-order chi connectivity index (χ0) is 18.1. The minimum Gasteiger partial charge on any atom is -0.496 e. The average molecular weight is 347 g/mol. The molecule has 1 aliphatic rings. The lowest BCUT2D eigenvalue weighted by Crippen LogP contribution is -2.10. The van der Waals surface area contributed by atoms with Gasteiger partial charge in [-0.2, -0.15) is 0 Å². The Hall–Kier alpha value is -2.55. The average Bonchev–Trinajstić information content (AvgIpc) is 2.82. The number of benzene rings is 2. The van der Waals surface area contributed by atoms with Gasteiger partial charge in [-0.3, -0.25) is 4.79 Å². The molecule has 0 fully saturated rings. The molecule has 3 heteroatoms. The fourth-order valence-electron chi connectivity index (χ4n) is 4.40. The van der Waals surface area contributed by atoms with Gasteiger partial charge in [0, 0.05) is 23.5 Å². The normalized spacial score (nSPS) is 16.9. The Labute approximate surface area is 154 Å². The van der Waals surface area contributed by atoms with Crippen molar-refractivity contribution in [3.63, 3.8) is 0 Å². The number of hydrogen-bond donors (Lipinski definition) is 0. The molecule has 2 aromatic carbocycles. The van der Waals surface area contributed by atoms with Crippen LogP contribution in [0.15, 0.2) is 48.5 Å². The molecule has 0 radical (unpaired) electrons. The maximum Gasteiger partial charge on any atom is 0.137 e. The van der Waals surface area contributed by atoms with Gasteiger partial charge in [-0.15, -0.1) is 0 Å². The molecule has 1 heterocycles. The first-order valence-corrected chi connectivity index (χ1v) is 9.43. The van der Waals surface area contributed by atoms with Crippen molar-refractivity contribution in [2.24, 2.45) is 0 Å². The number of carbonyl (C=O) groups is 1. The van der Waals surface area contributed by atoms with Crippen LogP contribution in [0.25, 0.3) is 10.9 Å².